The summed E-state index contributed by atoms with van der Waals surface area (Å²) in [6.45, 7) is 1.74. The Morgan fingerprint density at radius 1 is 1.17 bits per heavy atom. The first-order valence-electron chi connectivity index (χ1n) is 6.68. The number of ether oxygens (including phenoxy) is 1. The number of hydrogen-bond acceptors (Lipinski definition) is 3. The summed E-state index contributed by atoms with van der Waals surface area (Å²) in [5, 5.41) is 3.51. The van der Waals surface area contributed by atoms with Crippen molar-refractivity contribution < 1.29 is 4.74 Å². The van der Waals surface area contributed by atoms with Gasteiger partial charge in [0.1, 0.15) is 0 Å². The van der Waals surface area contributed by atoms with Gasteiger partial charge in [-0.1, -0.05) is 12.1 Å². The van der Waals surface area contributed by atoms with E-state index in [0.29, 0.717) is 0 Å². The van der Waals surface area contributed by atoms with Gasteiger partial charge in [-0.15, -0.1) is 0 Å². The van der Waals surface area contributed by atoms with Crippen LogP contribution >= 0.6 is 0 Å². The van der Waals surface area contributed by atoms with E-state index in [0.717, 1.165) is 32.5 Å². The normalized spacial score (nSPS) is 18.6. The molecule has 1 saturated heterocycles. The van der Waals surface area contributed by atoms with Gasteiger partial charge in [-0.2, -0.15) is 0 Å². The van der Waals surface area contributed by atoms with Crippen LogP contribution in [0.25, 0.3) is 0 Å². The van der Waals surface area contributed by atoms with Gasteiger partial charge < -0.3 is 15.0 Å². The van der Waals surface area contributed by atoms with Crippen molar-refractivity contribution in [3.63, 3.8) is 0 Å². The Hall–Kier alpha value is -1.06. The molecule has 0 radical (unpaired) electrons. The molecule has 1 aromatic carbocycles. The van der Waals surface area contributed by atoms with Crippen LogP contribution in [0.3, 0.4) is 0 Å². The zero-order valence-corrected chi connectivity index (χ0v) is 11.7. The Balaban J connectivity index is 2.07. The monoisotopic (exact) mass is 248 g/mol. The third-order valence-electron chi connectivity index (χ3n) is 3.98. The van der Waals surface area contributed by atoms with Gasteiger partial charge in [-0.05, 0) is 44.0 Å². The van der Waals surface area contributed by atoms with Gasteiger partial charge >= 0.3 is 0 Å². The smallest absolute Gasteiger partial charge is 0.0483 e. The van der Waals surface area contributed by atoms with E-state index < -0.39 is 0 Å². The molecule has 0 aliphatic carbocycles. The number of nitrogens with zero attached hydrogens (tertiary/aromatic N) is 1. The van der Waals surface area contributed by atoms with Crippen molar-refractivity contribution in [1.29, 1.82) is 0 Å². The quantitative estimate of drug-likeness (QED) is 0.883. The maximum Gasteiger partial charge on any atom is 0.0483 e. The number of anilines is 1. The van der Waals surface area contributed by atoms with Crippen molar-refractivity contribution in [2.45, 2.75) is 24.8 Å². The molecule has 0 aromatic heterocycles. The maximum absolute atomic E-state index is 5.47. The summed E-state index contributed by atoms with van der Waals surface area (Å²) in [6, 6.07) is 8.86. The summed E-state index contributed by atoms with van der Waals surface area (Å²) in [7, 11) is 6.21. The van der Waals surface area contributed by atoms with E-state index in [2.05, 4.69) is 55.6 Å². The SMILES string of the molecule is CNC1(Cc2ccc(N(C)C)cc2)CCOCC1. The standard InChI is InChI=1S/C15H24N2O/c1-16-15(8-10-18-11-9-15)12-13-4-6-14(7-5-13)17(2)3/h4-7,16H,8-12H2,1-3H3. The molecule has 0 unspecified atom stereocenters. The summed E-state index contributed by atoms with van der Waals surface area (Å²) in [5.41, 5.74) is 2.87. The average molecular weight is 248 g/mol. The van der Waals surface area contributed by atoms with Crippen molar-refractivity contribution in [3.05, 3.63) is 29.8 Å². The molecule has 0 spiro atoms. The first-order valence-corrected chi connectivity index (χ1v) is 6.68. The molecule has 1 fully saturated rings. The van der Waals surface area contributed by atoms with Gasteiger partial charge in [-0.25, -0.2) is 0 Å². The van der Waals surface area contributed by atoms with Gasteiger partial charge in [0, 0.05) is 38.5 Å². The van der Waals surface area contributed by atoms with Crippen molar-refractivity contribution in [3.8, 4) is 0 Å². The van der Waals surface area contributed by atoms with Crippen LogP contribution in [0.2, 0.25) is 0 Å². The van der Waals surface area contributed by atoms with Crippen LogP contribution in [0.4, 0.5) is 5.69 Å². The molecule has 1 aliphatic heterocycles. The van der Waals surface area contributed by atoms with Gasteiger partial charge in [0.25, 0.3) is 0 Å². The third-order valence-corrected chi connectivity index (χ3v) is 3.98. The van der Waals surface area contributed by atoms with Crippen LogP contribution in [0, 0.1) is 0 Å². The molecule has 1 aliphatic rings. The molecule has 0 amide bonds. The van der Waals surface area contributed by atoms with Crippen molar-refractivity contribution >= 4 is 5.69 Å². The second kappa shape index (κ2) is 5.72. The van der Waals surface area contributed by atoms with E-state index in [-0.39, 0.29) is 5.54 Å². The summed E-state index contributed by atoms with van der Waals surface area (Å²) < 4.78 is 5.47. The van der Waals surface area contributed by atoms with E-state index >= 15 is 0 Å². The minimum atomic E-state index is 0.220. The summed E-state index contributed by atoms with van der Waals surface area (Å²) in [5.74, 6) is 0. The predicted octanol–water partition coefficient (Wildman–Crippen LogP) is 2.06. The zero-order chi connectivity index (χ0) is 13.0. The molecule has 3 heteroatoms. The lowest BCUT2D eigenvalue weighted by Gasteiger charge is -2.37. The molecule has 2 rings (SSSR count). The number of benzene rings is 1. The first kappa shape index (κ1) is 13.4. The minimum Gasteiger partial charge on any atom is -0.381 e. The molecule has 1 aromatic rings. The molecule has 1 heterocycles. The molecule has 0 bridgehead atoms. The molecule has 18 heavy (non-hydrogen) atoms. The number of nitrogens with one attached hydrogen (secondary N) is 1. The molecular formula is C15H24N2O. The second-order valence-corrected chi connectivity index (χ2v) is 5.38. The Labute approximate surface area is 110 Å². The fraction of sp³-hybridized carbons (Fsp3) is 0.600. The Bertz CT molecular complexity index is 367. The molecule has 0 saturated carbocycles. The lowest BCUT2D eigenvalue weighted by atomic mass is 9.84. The van der Waals surface area contributed by atoms with Gasteiger partial charge in [0.05, 0.1) is 0 Å². The summed E-state index contributed by atoms with van der Waals surface area (Å²) in [6.07, 6.45) is 3.28. The minimum absolute atomic E-state index is 0.220. The van der Waals surface area contributed by atoms with Gasteiger partial charge in [-0.3, -0.25) is 0 Å². The van der Waals surface area contributed by atoms with Crippen LogP contribution in [0.5, 0.6) is 0 Å². The molecule has 100 valence electrons. The zero-order valence-electron chi connectivity index (χ0n) is 11.7. The molecule has 3 nitrogen and oxygen atoms in total. The highest BCUT2D eigenvalue weighted by molar-refractivity contribution is 5.46. The number of likely N-dealkylation sites (N-methyl/N-ethyl adjacent to an activating group) is 1. The largest absolute Gasteiger partial charge is 0.381 e. The number of rotatable bonds is 4. The molecule has 0 atom stereocenters. The molecular weight excluding hydrogens is 224 g/mol. The van der Waals surface area contributed by atoms with Crippen molar-refractivity contribution in [2.75, 3.05) is 39.3 Å². The fourth-order valence-corrected chi connectivity index (χ4v) is 2.58. The van der Waals surface area contributed by atoms with Crippen LogP contribution in [-0.2, 0) is 11.2 Å². The highest BCUT2D eigenvalue weighted by atomic mass is 16.5. The lowest BCUT2D eigenvalue weighted by Crippen LogP contribution is -2.49. The van der Waals surface area contributed by atoms with Crippen LogP contribution in [0.15, 0.2) is 24.3 Å². The van der Waals surface area contributed by atoms with Crippen LogP contribution in [-0.4, -0.2) is 39.9 Å². The molecule has 1 N–H and O–H groups in total. The van der Waals surface area contributed by atoms with Crippen molar-refractivity contribution in [1.82, 2.24) is 5.32 Å². The topological polar surface area (TPSA) is 24.5 Å². The van der Waals surface area contributed by atoms with E-state index in [1.165, 1.54) is 11.3 Å². The van der Waals surface area contributed by atoms with E-state index in [1.54, 1.807) is 0 Å². The highest BCUT2D eigenvalue weighted by Gasteiger charge is 2.30. The maximum atomic E-state index is 5.47. The summed E-state index contributed by atoms with van der Waals surface area (Å²) in [4.78, 5) is 2.13. The summed E-state index contributed by atoms with van der Waals surface area (Å²) >= 11 is 0. The Kier molecular flexibility index (Phi) is 4.25. The van der Waals surface area contributed by atoms with Gasteiger partial charge in [0.15, 0.2) is 0 Å². The Morgan fingerprint density at radius 2 is 1.78 bits per heavy atom. The van der Waals surface area contributed by atoms with Crippen molar-refractivity contribution in [2.24, 2.45) is 0 Å². The van der Waals surface area contributed by atoms with E-state index in [4.69, 9.17) is 4.74 Å². The third kappa shape index (κ3) is 3.03. The fourth-order valence-electron chi connectivity index (χ4n) is 2.58. The average Bonchev–Trinajstić information content (AvgIpc) is 2.40. The Morgan fingerprint density at radius 3 is 2.28 bits per heavy atom. The predicted molar refractivity (Wildman–Crippen MR) is 76.3 cm³/mol. The lowest BCUT2D eigenvalue weighted by molar-refractivity contribution is 0.0413. The van der Waals surface area contributed by atoms with E-state index in [1.807, 2.05) is 0 Å². The number of hydrogen-bond donors (Lipinski definition) is 1. The van der Waals surface area contributed by atoms with Crippen LogP contribution in [0.1, 0.15) is 18.4 Å². The van der Waals surface area contributed by atoms with Crippen LogP contribution < -0.4 is 10.2 Å². The van der Waals surface area contributed by atoms with Gasteiger partial charge in [0.2, 0.25) is 0 Å². The highest BCUT2D eigenvalue weighted by Crippen LogP contribution is 2.25. The second-order valence-electron chi connectivity index (χ2n) is 5.38. The van der Waals surface area contributed by atoms with E-state index in [9.17, 15) is 0 Å². The first-order chi connectivity index (χ1) is 8.65.